The Morgan fingerprint density at radius 3 is 2.50 bits per heavy atom. The number of halogens is 1. The van der Waals surface area contributed by atoms with Gasteiger partial charge in [0, 0.05) is 5.69 Å². The van der Waals surface area contributed by atoms with Crippen LogP contribution in [0.3, 0.4) is 0 Å². The highest BCUT2D eigenvalue weighted by Gasteiger charge is 2.20. The molecule has 0 radical (unpaired) electrons. The monoisotopic (exact) mass is 346 g/mol. The molecule has 4 nitrogen and oxygen atoms in total. The highest BCUT2D eigenvalue weighted by atomic mass is 35.5. The summed E-state index contributed by atoms with van der Waals surface area (Å²) in [5.74, 6) is 0.838. The van der Waals surface area contributed by atoms with E-state index in [0.717, 1.165) is 42.8 Å². The van der Waals surface area contributed by atoms with Gasteiger partial charge < -0.3 is 15.4 Å². The SMILES string of the molecule is Cl.O=C(Nc1ccc(OCc2ccccc2)cc1)C1CCCCN1. The molecule has 2 aromatic carbocycles. The van der Waals surface area contributed by atoms with E-state index in [1.165, 1.54) is 0 Å². The van der Waals surface area contributed by atoms with Crippen LogP contribution in [-0.4, -0.2) is 18.5 Å². The van der Waals surface area contributed by atoms with E-state index in [2.05, 4.69) is 10.6 Å². The number of benzene rings is 2. The fourth-order valence-corrected chi connectivity index (χ4v) is 2.68. The Labute approximate surface area is 149 Å². The summed E-state index contributed by atoms with van der Waals surface area (Å²) < 4.78 is 5.74. The van der Waals surface area contributed by atoms with E-state index < -0.39 is 0 Å². The Hall–Kier alpha value is -2.04. The second kappa shape index (κ2) is 9.30. The van der Waals surface area contributed by atoms with Gasteiger partial charge in [0.25, 0.3) is 0 Å². The Kier molecular flexibility index (Phi) is 7.09. The van der Waals surface area contributed by atoms with Crippen LogP contribution in [0.4, 0.5) is 5.69 Å². The van der Waals surface area contributed by atoms with Gasteiger partial charge in [0.1, 0.15) is 12.4 Å². The third-order valence-corrected chi connectivity index (χ3v) is 4.00. The van der Waals surface area contributed by atoms with Gasteiger partial charge in [-0.3, -0.25) is 4.79 Å². The first-order chi connectivity index (χ1) is 11.3. The van der Waals surface area contributed by atoms with Gasteiger partial charge in [0.15, 0.2) is 0 Å². The summed E-state index contributed by atoms with van der Waals surface area (Å²) in [6.45, 7) is 1.46. The number of amides is 1. The zero-order valence-corrected chi connectivity index (χ0v) is 14.4. The smallest absolute Gasteiger partial charge is 0.241 e. The Balaban J connectivity index is 0.00000208. The maximum atomic E-state index is 12.2. The molecule has 1 saturated heterocycles. The molecule has 2 aromatic rings. The van der Waals surface area contributed by atoms with Crippen LogP contribution in [0.1, 0.15) is 24.8 Å². The number of ether oxygens (including phenoxy) is 1. The van der Waals surface area contributed by atoms with Gasteiger partial charge in [0.2, 0.25) is 5.91 Å². The minimum Gasteiger partial charge on any atom is -0.489 e. The van der Waals surface area contributed by atoms with E-state index in [1.807, 2.05) is 54.6 Å². The average Bonchev–Trinajstić information content (AvgIpc) is 2.63. The zero-order valence-electron chi connectivity index (χ0n) is 13.5. The molecule has 2 N–H and O–H groups in total. The number of hydrogen-bond acceptors (Lipinski definition) is 3. The molecule has 24 heavy (non-hydrogen) atoms. The molecule has 128 valence electrons. The molecular weight excluding hydrogens is 324 g/mol. The van der Waals surface area contributed by atoms with Crippen molar-refractivity contribution in [2.24, 2.45) is 0 Å². The van der Waals surface area contributed by atoms with Gasteiger partial charge in [0.05, 0.1) is 6.04 Å². The molecule has 1 atom stereocenters. The minimum absolute atomic E-state index is 0. The van der Waals surface area contributed by atoms with Crippen molar-refractivity contribution in [2.75, 3.05) is 11.9 Å². The lowest BCUT2D eigenvalue weighted by Crippen LogP contribution is -2.43. The summed E-state index contributed by atoms with van der Waals surface area (Å²) in [6, 6.07) is 17.5. The number of piperidine rings is 1. The van der Waals surface area contributed by atoms with E-state index in [0.29, 0.717) is 6.61 Å². The molecule has 0 bridgehead atoms. The molecule has 0 spiro atoms. The lowest BCUT2D eigenvalue weighted by Gasteiger charge is -2.22. The summed E-state index contributed by atoms with van der Waals surface area (Å²) in [5, 5.41) is 6.21. The largest absolute Gasteiger partial charge is 0.489 e. The molecule has 0 aromatic heterocycles. The van der Waals surface area contributed by atoms with Crippen molar-refractivity contribution in [1.82, 2.24) is 5.32 Å². The van der Waals surface area contributed by atoms with Crippen LogP contribution in [0.5, 0.6) is 5.75 Å². The van der Waals surface area contributed by atoms with Crippen LogP contribution in [0.2, 0.25) is 0 Å². The number of carbonyl (C=O) groups is 1. The molecule has 1 unspecified atom stereocenters. The third-order valence-electron chi connectivity index (χ3n) is 4.00. The highest BCUT2D eigenvalue weighted by molar-refractivity contribution is 5.94. The lowest BCUT2D eigenvalue weighted by atomic mass is 10.0. The molecule has 3 rings (SSSR count). The second-order valence-corrected chi connectivity index (χ2v) is 5.79. The third kappa shape index (κ3) is 5.25. The molecule has 1 aliphatic heterocycles. The highest BCUT2D eigenvalue weighted by Crippen LogP contribution is 2.18. The van der Waals surface area contributed by atoms with E-state index in [9.17, 15) is 4.79 Å². The summed E-state index contributed by atoms with van der Waals surface area (Å²) in [4.78, 5) is 12.2. The predicted molar refractivity (Wildman–Crippen MR) is 98.7 cm³/mol. The summed E-state index contributed by atoms with van der Waals surface area (Å²) in [7, 11) is 0. The van der Waals surface area contributed by atoms with Crippen LogP contribution in [0.15, 0.2) is 54.6 Å². The van der Waals surface area contributed by atoms with E-state index in [-0.39, 0.29) is 24.4 Å². The maximum absolute atomic E-state index is 12.2. The second-order valence-electron chi connectivity index (χ2n) is 5.79. The van der Waals surface area contributed by atoms with Crippen LogP contribution in [0, 0.1) is 0 Å². The minimum atomic E-state index is -0.0715. The Morgan fingerprint density at radius 2 is 1.83 bits per heavy atom. The lowest BCUT2D eigenvalue weighted by molar-refractivity contribution is -0.118. The summed E-state index contributed by atoms with van der Waals surface area (Å²) in [6.07, 6.45) is 3.17. The standard InChI is InChI=1S/C19H22N2O2.ClH/c22-19(18-8-4-5-13-20-18)21-16-9-11-17(12-10-16)23-14-15-6-2-1-3-7-15;/h1-3,6-7,9-12,18,20H,4-5,8,13-14H2,(H,21,22);1H. The van der Waals surface area contributed by atoms with Gasteiger partial charge >= 0.3 is 0 Å². The quantitative estimate of drug-likeness (QED) is 0.866. The van der Waals surface area contributed by atoms with Crippen molar-refractivity contribution in [1.29, 1.82) is 0 Å². The van der Waals surface area contributed by atoms with Crippen molar-refractivity contribution < 1.29 is 9.53 Å². The van der Waals surface area contributed by atoms with Crippen molar-refractivity contribution in [3.8, 4) is 5.75 Å². The average molecular weight is 347 g/mol. The number of carbonyl (C=O) groups excluding carboxylic acids is 1. The normalized spacial score (nSPS) is 16.8. The molecule has 0 aliphatic carbocycles. The number of hydrogen-bond donors (Lipinski definition) is 2. The molecule has 1 fully saturated rings. The van der Waals surface area contributed by atoms with Crippen LogP contribution < -0.4 is 15.4 Å². The number of anilines is 1. The van der Waals surface area contributed by atoms with E-state index in [4.69, 9.17) is 4.74 Å². The Bertz CT molecular complexity index is 626. The van der Waals surface area contributed by atoms with Gasteiger partial charge in [-0.25, -0.2) is 0 Å². The van der Waals surface area contributed by atoms with Crippen molar-refractivity contribution in [3.05, 3.63) is 60.2 Å². The van der Waals surface area contributed by atoms with Gasteiger partial charge in [-0.2, -0.15) is 0 Å². The van der Waals surface area contributed by atoms with Gasteiger partial charge in [-0.1, -0.05) is 36.8 Å². The van der Waals surface area contributed by atoms with Crippen LogP contribution in [0.25, 0.3) is 0 Å². The zero-order chi connectivity index (χ0) is 15.9. The summed E-state index contributed by atoms with van der Waals surface area (Å²) in [5.41, 5.74) is 1.93. The first-order valence-corrected chi connectivity index (χ1v) is 8.12. The van der Waals surface area contributed by atoms with Gasteiger partial charge in [-0.15, -0.1) is 12.4 Å². The van der Waals surface area contributed by atoms with Crippen LogP contribution >= 0.6 is 12.4 Å². The maximum Gasteiger partial charge on any atom is 0.241 e. The molecule has 1 heterocycles. The van der Waals surface area contributed by atoms with Crippen molar-refractivity contribution >= 4 is 24.0 Å². The first kappa shape index (κ1) is 18.3. The van der Waals surface area contributed by atoms with Crippen molar-refractivity contribution in [3.63, 3.8) is 0 Å². The molecule has 0 saturated carbocycles. The number of nitrogens with one attached hydrogen (secondary N) is 2. The first-order valence-electron chi connectivity index (χ1n) is 8.12. The fourth-order valence-electron chi connectivity index (χ4n) is 2.68. The van der Waals surface area contributed by atoms with E-state index in [1.54, 1.807) is 0 Å². The topological polar surface area (TPSA) is 50.4 Å². The molecule has 1 amide bonds. The van der Waals surface area contributed by atoms with Crippen LogP contribution in [-0.2, 0) is 11.4 Å². The molecular formula is C19H23ClN2O2. The fraction of sp³-hybridized carbons (Fsp3) is 0.316. The van der Waals surface area contributed by atoms with E-state index >= 15 is 0 Å². The molecule has 5 heteroatoms. The predicted octanol–water partition coefficient (Wildman–Crippen LogP) is 3.77. The molecule has 1 aliphatic rings. The number of rotatable bonds is 5. The van der Waals surface area contributed by atoms with Crippen molar-refractivity contribution in [2.45, 2.75) is 31.9 Å². The summed E-state index contributed by atoms with van der Waals surface area (Å²) >= 11 is 0. The Morgan fingerprint density at radius 1 is 1.08 bits per heavy atom. The van der Waals surface area contributed by atoms with Gasteiger partial charge in [-0.05, 0) is 49.2 Å².